The molecule has 2 N–H and O–H groups in total. The van der Waals surface area contributed by atoms with E-state index in [4.69, 9.17) is 14.6 Å². The van der Waals surface area contributed by atoms with Gasteiger partial charge in [-0.1, -0.05) is 70.2 Å². The van der Waals surface area contributed by atoms with Gasteiger partial charge in [0.25, 0.3) is 0 Å². The Labute approximate surface area is 175 Å². The molecule has 0 amide bonds. The highest BCUT2D eigenvalue weighted by atomic mass is 16.6. The van der Waals surface area contributed by atoms with E-state index in [2.05, 4.69) is 19.6 Å². The molecule has 0 saturated heterocycles. The number of aliphatic hydroxyl groups is 2. The third-order valence-corrected chi connectivity index (χ3v) is 4.81. The van der Waals surface area contributed by atoms with Gasteiger partial charge in [0.05, 0.1) is 12.7 Å². The van der Waals surface area contributed by atoms with Crippen LogP contribution in [0.2, 0.25) is 0 Å². The zero-order valence-corrected chi connectivity index (χ0v) is 18.1. The van der Waals surface area contributed by atoms with Crippen molar-refractivity contribution in [2.24, 2.45) is 0 Å². The molecule has 0 spiro atoms. The van der Waals surface area contributed by atoms with Crippen LogP contribution in [-0.4, -0.2) is 41.6 Å². The van der Waals surface area contributed by atoms with Crippen molar-refractivity contribution in [2.45, 2.75) is 83.8 Å². The number of carbonyl (C=O) groups excluding carboxylic acids is 1. The Balaban J connectivity index is 2.56. The van der Waals surface area contributed by atoms with Gasteiger partial charge in [0.15, 0.2) is 0 Å². The lowest BCUT2D eigenvalue weighted by atomic mass is 10.0. The molecule has 0 radical (unpaired) electrons. The number of aryl methyl sites for hydroxylation is 1. The number of benzene rings is 1. The molecule has 0 saturated carbocycles. The van der Waals surface area contributed by atoms with Crippen LogP contribution in [0.25, 0.3) is 0 Å². The Bertz CT molecular complexity index is 599. The van der Waals surface area contributed by atoms with Gasteiger partial charge in [-0.15, -0.1) is 0 Å². The van der Waals surface area contributed by atoms with Crippen LogP contribution >= 0.6 is 0 Å². The molecule has 0 aromatic heterocycles. The molecular weight excluding hydrogens is 368 g/mol. The van der Waals surface area contributed by atoms with E-state index in [0.29, 0.717) is 0 Å². The normalized spacial score (nSPS) is 13.0. The maximum atomic E-state index is 11.8. The second-order valence-corrected chi connectivity index (χ2v) is 7.67. The summed E-state index contributed by atoms with van der Waals surface area (Å²) in [4.78, 5) is 11.8. The predicted octanol–water partition coefficient (Wildman–Crippen LogP) is 4.59. The van der Waals surface area contributed by atoms with Gasteiger partial charge in [0.2, 0.25) is 0 Å². The zero-order chi connectivity index (χ0) is 21.5. The van der Waals surface area contributed by atoms with E-state index in [-0.39, 0.29) is 18.6 Å². The van der Waals surface area contributed by atoms with E-state index in [0.717, 1.165) is 24.2 Å². The van der Waals surface area contributed by atoms with Gasteiger partial charge in [-0.25, -0.2) is 4.79 Å². The third kappa shape index (κ3) is 11.1. The summed E-state index contributed by atoms with van der Waals surface area (Å²) >= 11 is 0. The maximum Gasteiger partial charge on any atom is 0.333 e. The second-order valence-electron chi connectivity index (χ2n) is 7.67. The average molecular weight is 407 g/mol. The molecule has 0 heterocycles. The Morgan fingerprint density at radius 2 is 1.76 bits per heavy atom. The number of hydrogen-bond acceptors (Lipinski definition) is 5. The predicted molar refractivity (Wildman–Crippen MR) is 116 cm³/mol. The number of unbranched alkanes of at least 4 members (excludes halogenated alkanes) is 6. The minimum Gasteiger partial charge on any atom is -0.489 e. The Hall–Kier alpha value is -1.85. The standard InChI is InChI=1S/C24H38O5/c1-4-5-6-7-8-9-10-13-20-14-11-12-15-23(20)28-18-22(16-21(26)17-25)29-24(27)19(2)3/h11-12,14-15,21-22,25-26H,2,4-10,13,16-18H2,1,3H3. The quantitative estimate of drug-likeness (QED) is 0.239. The molecule has 2 unspecified atom stereocenters. The van der Waals surface area contributed by atoms with Gasteiger partial charge in [-0.2, -0.15) is 0 Å². The molecule has 5 heteroatoms. The lowest BCUT2D eigenvalue weighted by molar-refractivity contribution is -0.147. The minimum atomic E-state index is -0.968. The van der Waals surface area contributed by atoms with Gasteiger partial charge in [0, 0.05) is 12.0 Å². The number of hydrogen-bond donors (Lipinski definition) is 2. The van der Waals surface area contributed by atoms with Crippen LogP contribution < -0.4 is 4.74 Å². The van der Waals surface area contributed by atoms with Gasteiger partial charge >= 0.3 is 5.97 Å². The second kappa shape index (κ2) is 15.1. The van der Waals surface area contributed by atoms with E-state index in [1.54, 1.807) is 6.92 Å². The van der Waals surface area contributed by atoms with Crippen molar-refractivity contribution in [1.29, 1.82) is 0 Å². The van der Waals surface area contributed by atoms with Crippen molar-refractivity contribution in [3.05, 3.63) is 42.0 Å². The van der Waals surface area contributed by atoms with Gasteiger partial charge < -0.3 is 19.7 Å². The number of ether oxygens (including phenoxy) is 2. The summed E-state index contributed by atoms with van der Waals surface area (Å²) in [6.07, 6.45) is 8.22. The molecule has 0 aliphatic heterocycles. The van der Waals surface area contributed by atoms with Crippen LogP contribution in [0.5, 0.6) is 5.75 Å². The van der Waals surface area contributed by atoms with Crippen molar-refractivity contribution < 1.29 is 24.5 Å². The molecule has 29 heavy (non-hydrogen) atoms. The van der Waals surface area contributed by atoms with Crippen molar-refractivity contribution in [1.82, 2.24) is 0 Å². The lowest BCUT2D eigenvalue weighted by Crippen LogP contribution is -2.31. The van der Waals surface area contributed by atoms with E-state index in [1.165, 1.54) is 38.5 Å². The van der Waals surface area contributed by atoms with Crippen molar-refractivity contribution in [2.75, 3.05) is 13.2 Å². The average Bonchev–Trinajstić information content (AvgIpc) is 2.71. The highest BCUT2D eigenvalue weighted by Gasteiger charge is 2.20. The SMILES string of the molecule is C=C(C)C(=O)OC(COc1ccccc1CCCCCCCCC)CC(O)CO. The number of rotatable bonds is 16. The number of carbonyl (C=O) groups is 1. The zero-order valence-electron chi connectivity index (χ0n) is 18.1. The van der Waals surface area contributed by atoms with Crippen LogP contribution in [0.4, 0.5) is 0 Å². The van der Waals surface area contributed by atoms with Gasteiger partial charge in [-0.3, -0.25) is 0 Å². The van der Waals surface area contributed by atoms with Crippen LogP contribution in [0.1, 0.15) is 70.8 Å². The Morgan fingerprint density at radius 1 is 1.10 bits per heavy atom. The van der Waals surface area contributed by atoms with Crippen molar-refractivity contribution in [3.63, 3.8) is 0 Å². The first-order valence-electron chi connectivity index (χ1n) is 10.8. The first-order valence-corrected chi connectivity index (χ1v) is 10.8. The number of esters is 1. The molecule has 5 nitrogen and oxygen atoms in total. The highest BCUT2D eigenvalue weighted by Crippen LogP contribution is 2.22. The Kier molecular flexibility index (Phi) is 13.1. The molecule has 2 atom stereocenters. The van der Waals surface area contributed by atoms with Crippen LogP contribution in [0, 0.1) is 0 Å². The van der Waals surface area contributed by atoms with Gasteiger partial charge in [-0.05, 0) is 31.4 Å². The molecule has 0 aliphatic carbocycles. The first-order chi connectivity index (χ1) is 14.0. The molecule has 0 aliphatic rings. The molecule has 1 aromatic rings. The smallest absolute Gasteiger partial charge is 0.333 e. The van der Waals surface area contributed by atoms with Crippen molar-refractivity contribution in [3.8, 4) is 5.75 Å². The molecule has 1 rings (SSSR count). The minimum absolute atomic E-state index is 0.107. The van der Waals surface area contributed by atoms with E-state index >= 15 is 0 Å². The van der Waals surface area contributed by atoms with E-state index in [1.807, 2.05) is 18.2 Å². The van der Waals surface area contributed by atoms with Gasteiger partial charge in [0.1, 0.15) is 18.5 Å². The number of para-hydroxylation sites is 1. The largest absolute Gasteiger partial charge is 0.489 e. The summed E-state index contributed by atoms with van der Waals surface area (Å²) in [5, 5.41) is 18.8. The van der Waals surface area contributed by atoms with Crippen LogP contribution in [-0.2, 0) is 16.0 Å². The molecule has 1 aromatic carbocycles. The van der Waals surface area contributed by atoms with Crippen LogP contribution in [0.3, 0.4) is 0 Å². The highest BCUT2D eigenvalue weighted by molar-refractivity contribution is 5.87. The summed E-state index contributed by atoms with van der Waals surface area (Å²) in [5.41, 5.74) is 1.42. The summed E-state index contributed by atoms with van der Waals surface area (Å²) in [7, 11) is 0. The lowest BCUT2D eigenvalue weighted by Gasteiger charge is -2.21. The number of aliphatic hydroxyl groups excluding tert-OH is 2. The Morgan fingerprint density at radius 3 is 2.41 bits per heavy atom. The summed E-state index contributed by atoms with van der Waals surface area (Å²) in [5.74, 6) is 0.244. The monoisotopic (exact) mass is 406 g/mol. The van der Waals surface area contributed by atoms with Crippen molar-refractivity contribution >= 4 is 5.97 Å². The molecule has 164 valence electrons. The fourth-order valence-electron chi connectivity index (χ4n) is 3.09. The fraction of sp³-hybridized carbons (Fsp3) is 0.625. The summed E-state index contributed by atoms with van der Waals surface area (Å²) < 4.78 is 11.3. The fourth-order valence-corrected chi connectivity index (χ4v) is 3.09. The first kappa shape index (κ1) is 25.2. The summed E-state index contributed by atoms with van der Waals surface area (Å²) in [6, 6.07) is 7.89. The molecular formula is C24H38O5. The van der Waals surface area contributed by atoms with Crippen LogP contribution in [0.15, 0.2) is 36.4 Å². The van der Waals surface area contributed by atoms with E-state index < -0.39 is 24.8 Å². The maximum absolute atomic E-state index is 11.8. The topological polar surface area (TPSA) is 76.0 Å². The molecule has 0 fully saturated rings. The summed E-state index contributed by atoms with van der Waals surface area (Å²) in [6.45, 7) is 7.10. The molecule has 0 bridgehead atoms. The van der Waals surface area contributed by atoms with E-state index in [9.17, 15) is 9.90 Å². The third-order valence-electron chi connectivity index (χ3n) is 4.81.